The minimum Gasteiger partial charge on any atom is -0.436 e. The molecule has 2 rings (SSSR count). The number of pyridine rings is 1. The molecule has 0 spiro atoms. The van der Waals surface area contributed by atoms with E-state index in [1.165, 1.54) is 18.2 Å². The molecular formula is C11H6Cl3FN2O. The molecule has 1 aromatic heterocycles. The van der Waals surface area contributed by atoms with Crippen LogP contribution in [-0.2, 0) is 0 Å². The van der Waals surface area contributed by atoms with E-state index >= 15 is 0 Å². The quantitative estimate of drug-likeness (QED) is 0.885. The first kappa shape index (κ1) is 13.2. The molecule has 0 aliphatic rings. The van der Waals surface area contributed by atoms with Crippen LogP contribution in [-0.4, -0.2) is 4.98 Å². The molecule has 0 fully saturated rings. The van der Waals surface area contributed by atoms with Gasteiger partial charge in [0, 0.05) is 0 Å². The van der Waals surface area contributed by atoms with Crippen molar-refractivity contribution in [1.29, 1.82) is 0 Å². The van der Waals surface area contributed by atoms with Gasteiger partial charge < -0.3 is 10.5 Å². The Morgan fingerprint density at radius 1 is 1.06 bits per heavy atom. The lowest BCUT2D eigenvalue weighted by molar-refractivity contribution is 0.462. The minimum atomic E-state index is -0.470. The molecule has 0 bridgehead atoms. The molecule has 0 radical (unpaired) electrons. The van der Waals surface area contributed by atoms with Crippen LogP contribution < -0.4 is 10.5 Å². The SMILES string of the molecule is Nc1nc(Oc2ccc(F)cc2Cl)c(Cl)cc1Cl. The molecule has 0 amide bonds. The van der Waals surface area contributed by atoms with Crippen molar-refractivity contribution in [3.63, 3.8) is 0 Å². The highest BCUT2D eigenvalue weighted by Crippen LogP contribution is 2.35. The zero-order valence-corrected chi connectivity index (χ0v) is 11.0. The molecule has 7 heteroatoms. The van der Waals surface area contributed by atoms with Crippen molar-refractivity contribution in [2.75, 3.05) is 5.73 Å². The molecule has 1 aromatic carbocycles. The molecule has 0 aliphatic carbocycles. The van der Waals surface area contributed by atoms with Crippen molar-refractivity contribution in [2.24, 2.45) is 0 Å². The normalized spacial score (nSPS) is 10.4. The van der Waals surface area contributed by atoms with Gasteiger partial charge in [0.1, 0.15) is 22.4 Å². The van der Waals surface area contributed by atoms with Crippen LogP contribution in [0.5, 0.6) is 11.6 Å². The summed E-state index contributed by atoms with van der Waals surface area (Å²) in [6, 6.07) is 5.08. The smallest absolute Gasteiger partial charge is 0.240 e. The topological polar surface area (TPSA) is 48.1 Å². The number of aromatic nitrogens is 1. The van der Waals surface area contributed by atoms with Gasteiger partial charge in [-0.05, 0) is 24.3 Å². The van der Waals surface area contributed by atoms with Crippen molar-refractivity contribution in [1.82, 2.24) is 4.98 Å². The second-order valence-corrected chi connectivity index (χ2v) is 4.54. The van der Waals surface area contributed by atoms with E-state index in [0.717, 1.165) is 6.07 Å². The number of halogens is 4. The summed E-state index contributed by atoms with van der Waals surface area (Å²) in [4.78, 5) is 3.87. The molecule has 0 atom stereocenters. The average Bonchev–Trinajstić information content (AvgIpc) is 2.29. The Labute approximate surface area is 117 Å². The third-order valence-electron chi connectivity index (χ3n) is 2.03. The van der Waals surface area contributed by atoms with Crippen LogP contribution in [0.1, 0.15) is 0 Å². The first-order chi connectivity index (χ1) is 8.47. The van der Waals surface area contributed by atoms with Gasteiger partial charge in [0.25, 0.3) is 0 Å². The van der Waals surface area contributed by atoms with Gasteiger partial charge in [0.05, 0.1) is 10.0 Å². The van der Waals surface area contributed by atoms with Gasteiger partial charge in [0.15, 0.2) is 0 Å². The molecule has 2 N–H and O–H groups in total. The monoisotopic (exact) mass is 306 g/mol. The van der Waals surface area contributed by atoms with Crippen LogP contribution in [0, 0.1) is 5.82 Å². The number of hydrogen-bond donors (Lipinski definition) is 1. The number of benzene rings is 1. The van der Waals surface area contributed by atoms with Crippen LogP contribution >= 0.6 is 34.8 Å². The predicted molar refractivity (Wildman–Crippen MR) is 70.2 cm³/mol. The number of nitrogens with zero attached hydrogens (tertiary/aromatic N) is 1. The van der Waals surface area contributed by atoms with Gasteiger partial charge in [-0.25, -0.2) is 4.39 Å². The van der Waals surface area contributed by atoms with E-state index in [1.807, 2.05) is 0 Å². The van der Waals surface area contributed by atoms with Crippen molar-refractivity contribution in [2.45, 2.75) is 0 Å². The molecule has 1 heterocycles. The van der Waals surface area contributed by atoms with Crippen LogP contribution in [0.2, 0.25) is 15.1 Å². The second kappa shape index (κ2) is 5.18. The van der Waals surface area contributed by atoms with Crippen molar-refractivity contribution < 1.29 is 9.13 Å². The molecule has 0 aliphatic heterocycles. The lowest BCUT2D eigenvalue weighted by Gasteiger charge is -2.09. The summed E-state index contributed by atoms with van der Waals surface area (Å²) in [7, 11) is 0. The van der Waals surface area contributed by atoms with Gasteiger partial charge in [-0.3, -0.25) is 0 Å². The van der Waals surface area contributed by atoms with Crippen LogP contribution in [0.15, 0.2) is 24.3 Å². The van der Waals surface area contributed by atoms with Gasteiger partial charge >= 0.3 is 0 Å². The van der Waals surface area contributed by atoms with Crippen molar-refractivity contribution in [3.8, 4) is 11.6 Å². The molecular weight excluding hydrogens is 301 g/mol. The Bertz CT molecular complexity index is 607. The van der Waals surface area contributed by atoms with Crippen molar-refractivity contribution >= 4 is 40.6 Å². The van der Waals surface area contributed by atoms with E-state index in [1.54, 1.807) is 0 Å². The van der Waals surface area contributed by atoms with Crippen molar-refractivity contribution in [3.05, 3.63) is 45.2 Å². The number of rotatable bonds is 2. The number of nitrogen functional groups attached to an aromatic ring is 1. The lowest BCUT2D eigenvalue weighted by Crippen LogP contribution is -1.96. The fourth-order valence-corrected chi connectivity index (χ4v) is 1.80. The summed E-state index contributed by atoms with van der Waals surface area (Å²) in [5.74, 6) is -0.127. The summed E-state index contributed by atoms with van der Waals surface area (Å²) in [5, 5.41) is 0.494. The number of ether oxygens (including phenoxy) is 1. The maximum Gasteiger partial charge on any atom is 0.240 e. The summed E-state index contributed by atoms with van der Waals surface area (Å²) in [6.07, 6.45) is 0. The highest BCUT2D eigenvalue weighted by Gasteiger charge is 2.11. The summed E-state index contributed by atoms with van der Waals surface area (Å²) >= 11 is 17.4. The Morgan fingerprint density at radius 2 is 1.78 bits per heavy atom. The Balaban J connectivity index is 2.37. The maximum absolute atomic E-state index is 12.9. The van der Waals surface area contributed by atoms with E-state index in [-0.39, 0.29) is 32.5 Å². The van der Waals surface area contributed by atoms with Crippen LogP contribution in [0.3, 0.4) is 0 Å². The molecule has 0 saturated carbocycles. The fourth-order valence-electron chi connectivity index (χ4n) is 1.20. The average molecular weight is 308 g/mol. The molecule has 0 saturated heterocycles. The fraction of sp³-hybridized carbons (Fsp3) is 0. The highest BCUT2D eigenvalue weighted by molar-refractivity contribution is 6.36. The lowest BCUT2D eigenvalue weighted by atomic mass is 10.3. The van der Waals surface area contributed by atoms with E-state index in [9.17, 15) is 4.39 Å². The van der Waals surface area contributed by atoms with E-state index in [4.69, 9.17) is 45.3 Å². The third kappa shape index (κ3) is 2.77. The van der Waals surface area contributed by atoms with Gasteiger partial charge in [0.2, 0.25) is 5.88 Å². The highest BCUT2D eigenvalue weighted by atomic mass is 35.5. The minimum absolute atomic E-state index is 0.0482. The first-order valence-corrected chi connectivity index (χ1v) is 5.85. The van der Waals surface area contributed by atoms with Gasteiger partial charge in [-0.15, -0.1) is 0 Å². The van der Waals surface area contributed by atoms with Crippen LogP contribution in [0.25, 0.3) is 0 Å². The van der Waals surface area contributed by atoms with E-state index < -0.39 is 5.82 Å². The second-order valence-electron chi connectivity index (χ2n) is 3.32. The van der Waals surface area contributed by atoms with Gasteiger partial charge in [-0.1, -0.05) is 34.8 Å². The Kier molecular flexibility index (Phi) is 3.80. The van der Waals surface area contributed by atoms with Crippen LogP contribution in [0.4, 0.5) is 10.2 Å². The Morgan fingerprint density at radius 3 is 2.44 bits per heavy atom. The largest absolute Gasteiger partial charge is 0.436 e. The number of hydrogen-bond acceptors (Lipinski definition) is 3. The number of anilines is 1. The van der Waals surface area contributed by atoms with Gasteiger partial charge in [-0.2, -0.15) is 4.98 Å². The summed E-state index contributed by atoms with van der Waals surface area (Å²) in [6.45, 7) is 0. The predicted octanol–water partition coefficient (Wildman–Crippen LogP) is 4.56. The molecule has 18 heavy (non-hydrogen) atoms. The van der Waals surface area contributed by atoms with E-state index in [2.05, 4.69) is 4.98 Å². The molecule has 2 aromatic rings. The zero-order chi connectivity index (χ0) is 13.3. The Hall–Kier alpha value is -1.23. The van der Waals surface area contributed by atoms with E-state index in [0.29, 0.717) is 0 Å². The molecule has 0 unspecified atom stereocenters. The summed E-state index contributed by atoms with van der Waals surface area (Å²) < 4.78 is 18.2. The first-order valence-electron chi connectivity index (χ1n) is 4.72. The number of nitrogens with two attached hydrogens (primary N) is 1. The zero-order valence-electron chi connectivity index (χ0n) is 8.75. The molecule has 3 nitrogen and oxygen atoms in total. The standard InChI is InChI=1S/C11H6Cl3FN2O/c12-6-3-5(15)1-2-9(6)18-11-8(14)4-7(13)10(16)17-11/h1-4H,(H2,16,17). The molecule has 94 valence electrons. The summed E-state index contributed by atoms with van der Waals surface area (Å²) in [5.41, 5.74) is 5.53. The third-order valence-corrected chi connectivity index (χ3v) is 2.89. The maximum atomic E-state index is 12.9.